The zero-order valence-corrected chi connectivity index (χ0v) is 8.60. The molecule has 4 nitrogen and oxygen atoms in total. The van der Waals surface area contributed by atoms with Crippen LogP contribution in [0.2, 0.25) is 0 Å². The molecule has 0 bridgehead atoms. The number of ether oxygens (including phenoxy) is 1. The van der Waals surface area contributed by atoms with Crippen LogP contribution in [0.25, 0.3) is 0 Å². The SMILES string of the molecule is CCOC(=O)/C(C)=C(\C)C(=O)O.Cl. The van der Waals surface area contributed by atoms with Gasteiger partial charge >= 0.3 is 11.9 Å². The van der Waals surface area contributed by atoms with Crippen molar-refractivity contribution in [2.45, 2.75) is 20.8 Å². The van der Waals surface area contributed by atoms with E-state index in [1.165, 1.54) is 13.8 Å². The molecule has 0 atom stereocenters. The molecule has 0 amide bonds. The van der Waals surface area contributed by atoms with Gasteiger partial charge in [-0.15, -0.1) is 12.4 Å². The standard InChI is InChI=1S/C8H12O4.ClH/c1-4-12-8(11)6(3)5(2)7(9)10;/h4H2,1-3H3,(H,9,10);1H/b6-5+;. The first-order chi connectivity index (χ1) is 5.50. The van der Waals surface area contributed by atoms with Crippen molar-refractivity contribution in [3.8, 4) is 0 Å². The van der Waals surface area contributed by atoms with Gasteiger partial charge in [0.05, 0.1) is 6.61 Å². The molecule has 0 aliphatic heterocycles. The van der Waals surface area contributed by atoms with Crippen molar-refractivity contribution in [1.82, 2.24) is 0 Å². The minimum Gasteiger partial charge on any atom is -0.478 e. The van der Waals surface area contributed by atoms with Crippen LogP contribution in [-0.2, 0) is 14.3 Å². The first-order valence-electron chi connectivity index (χ1n) is 3.58. The molecule has 0 aromatic carbocycles. The zero-order chi connectivity index (χ0) is 9.72. The maximum Gasteiger partial charge on any atom is 0.334 e. The summed E-state index contributed by atoms with van der Waals surface area (Å²) in [6.45, 7) is 4.72. The first kappa shape index (κ1) is 14.5. The van der Waals surface area contributed by atoms with Crippen molar-refractivity contribution >= 4 is 24.3 Å². The number of aliphatic carboxylic acids is 1. The van der Waals surface area contributed by atoms with E-state index in [4.69, 9.17) is 5.11 Å². The van der Waals surface area contributed by atoms with Crippen LogP contribution in [0.5, 0.6) is 0 Å². The third kappa shape index (κ3) is 4.52. The number of esters is 1. The Kier molecular flexibility index (Phi) is 7.23. The second-order valence-electron chi connectivity index (χ2n) is 2.28. The third-order valence-corrected chi connectivity index (χ3v) is 1.46. The predicted molar refractivity (Wildman–Crippen MR) is 49.9 cm³/mol. The average molecular weight is 209 g/mol. The van der Waals surface area contributed by atoms with Crippen LogP contribution in [0.3, 0.4) is 0 Å². The summed E-state index contributed by atoms with van der Waals surface area (Å²) in [5, 5.41) is 8.50. The lowest BCUT2D eigenvalue weighted by molar-refractivity contribution is -0.139. The summed E-state index contributed by atoms with van der Waals surface area (Å²) in [7, 11) is 0. The summed E-state index contributed by atoms with van der Waals surface area (Å²) in [6, 6.07) is 0. The Labute approximate surface area is 83.0 Å². The van der Waals surface area contributed by atoms with E-state index in [1.54, 1.807) is 6.92 Å². The molecule has 1 N–H and O–H groups in total. The Morgan fingerprint density at radius 3 is 2.00 bits per heavy atom. The molecule has 5 heteroatoms. The molecule has 76 valence electrons. The van der Waals surface area contributed by atoms with Gasteiger partial charge in [0, 0.05) is 11.1 Å². The number of carboxylic acids is 1. The summed E-state index contributed by atoms with van der Waals surface area (Å²) in [6.07, 6.45) is 0. The van der Waals surface area contributed by atoms with Gasteiger partial charge in [0.25, 0.3) is 0 Å². The molecule has 0 unspecified atom stereocenters. The summed E-state index contributed by atoms with van der Waals surface area (Å²) < 4.78 is 4.61. The maximum absolute atomic E-state index is 10.9. The van der Waals surface area contributed by atoms with Gasteiger partial charge in [-0.25, -0.2) is 9.59 Å². The molecule has 0 saturated heterocycles. The average Bonchev–Trinajstić information content (AvgIpc) is 2.02. The van der Waals surface area contributed by atoms with Gasteiger partial charge in [0.2, 0.25) is 0 Å². The Balaban J connectivity index is 0. The van der Waals surface area contributed by atoms with E-state index in [-0.39, 0.29) is 30.2 Å². The number of carboxylic acid groups (broad SMARTS) is 1. The molecule has 13 heavy (non-hydrogen) atoms. The Bertz CT molecular complexity index is 232. The van der Waals surface area contributed by atoms with Crippen LogP contribution in [0.1, 0.15) is 20.8 Å². The molecule has 0 radical (unpaired) electrons. The smallest absolute Gasteiger partial charge is 0.334 e. The van der Waals surface area contributed by atoms with Crippen molar-refractivity contribution in [2.75, 3.05) is 6.61 Å². The fourth-order valence-electron chi connectivity index (χ4n) is 0.553. The molecule has 0 rings (SSSR count). The van der Waals surface area contributed by atoms with E-state index in [2.05, 4.69) is 4.74 Å². The molecule has 0 aliphatic carbocycles. The molecule has 0 fully saturated rings. The van der Waals surface area contributed by atoms with Crippen LogP contribution in [0, 0.1) is 0 Å². The Morgan fingerprint density at radius 2 is 1.69 bits per heavy atom. The van der Waals surface area contributed by atoms with E-state index in [0.717, 1.165) is 0 Å². The molecular formula is C8H13ClO4. The van der Waals surface area contributed by atoms with E-state index in [0.29, 0.717) is 0 Å². The van der Waals surface area contributed by atoms with Crippen molar-refractivity contribution < 1.29 is 19.4 Å². The summed E-state index contributed by atoms with van der Waals surface area (Å²) in [5.41, 5.74) is 0.165. The number of carbonyl (C=O) groups is 2. The number of hydrogen-bond acceptors (Lipinski definition) is 3. The lowest BCUT2D eigenvalue weighted by Crippen LogP contribution is -2.10. The largest absolute Gasteiger partial charge is 0.478 e. The summed E-state index contributed by atoms with van der Waals surface area (Å²) >= 11 is 0. The van der Waals surface area contributed by atoms with E-state index in [9.17, 15) is 9.59 Å². The van der Waals surface area contributed by atoms with Crippen LogP contribution in [-0.4, -0.2) is 23.7 Å². The lowest BCUT2D eigenvalue weighted by atomic mass is 10.1. The molecule has 0 aromatic heterocycles. The minimum absolute atomic E-state index is 0. The van der Waals surface area contributed by atoms with E-state index in [1.807, 2.05) is 0 Å². The van der Waals surface area contributed by atoms with Gasteiger partial charge in [-0.2, -0.15) is 0 Å². The van der Waals surface area contributed by atoms with Gasteiger partial charge in [-0.05, 0) is 20.8 Å². The third-order valence-electron chi connectivity index (χ3n) is 1.46. The molecule has 0 aliphatic rings. The zero-order valence-electron chi connectivity index (χ0n) is 7.79. The highest BCUT2D eigenvalue weighted by molar-refractivity contribution is 5.98. The number of hydrogen-bond donors (Lipinski definition) is 1. The lowest BCUT2D eigenvalue weighted by Gasteiger charge is -2.02. The van der Waals surface area contributed by atoms with Crippen LogP contribution >= 0.6 is 12.4 Å². The van der Waals surface area contributed by atoms with Crippen LogP contribution < -0.4 is 0 Å². The molecule has 0 aromatic rings. The van der Waals surface area contributed by atoms with Gasteiger partial charge < -0.3 is 9.84 Å². The second-order valence-corrected chi connectivity index (χ2v) is 2.28. The van der Waals surface area contributed by atoms with Crippen LogP contribution in [0.15, 0.2) is 11.1 Å². The van der Waals surface area contributed by atoms with Crippen molar-refractivity contribution in [2.24, 2.45) is 0 Å². The number of rotatable bonds is 3. The van der Waals surface area contributed by atoms with Crippen molar-refractivity contribution in [3.63, 3.8) is 0 Å². The predicted octanol–water partition coefficient (Wildman–Crippen LogP) is 1.39. The molecule has 0 spiro atoms. The van der Waals surface area contributed by atoms with E-state index < -0.39 is 11.9 Å². The first-order valence-corrected chi connectivity index (χ1v) is 3.58. The fourth-order valence-corrected chi connectivity index (χ4v) is 0.553. The minimum atomic E-state index is -1.10. The fraction of sp³-hybridized carbons (Fsp3) is 0.500. The Morgan fingerprint density at radius 1 is 1.23 bits per heavy atom. The topological polar surface area (TPSA) is 63.6 Å². The normalized spacial score (nSPS) is 11.0. The highest BCUT2D eigenvalue weighted by Gasteiger charge is 2.12. The van der Waals surface area contributed by atoms with Gasteiger partial charge in [0.15, 0.2) is 0 Å². The van der Waals surface area contributed by atoms with E-state index >= 15 is 0 Å². The van der Waals surface area contributed by atoms with Crippen molar-refractivity contribution in [3.05, 3.63) is 11.1 Å². The highest BCUT2D eigenvalue weighted by Crippen LogP contribution is 2.05. The quantitative estimate of drug-likeness (QED) is 0.563. The highest BCUT2D eigenvalue weighted by atomic mass is 35.5. The Hall–Kier alpha value is -1.03. The molecule has 0 heterocycles. The van der Waals surface area contributed by atoms with Crippen molar-refractivity contribution in [1.29, 1.82) is 0 Å². The molecular weight excluding hydrogens is 196 g/mol. The molecule has 0 saturated carbocycles. The summed E-state index contributed by atoms with van der Waals surface area (Å²) in [5.74, 6) is -1.67. The number of halogens is 1. The van der Waals surface area contributed by atoms with Crippen LogP contribution in [0.4, 0.5) is 0 Å². The monoisotopic (exact) mass is 208 g/mol. The summed E-state index contributed by atoms with van der Waals surface area (Å²) in [4.78, 5) is 21.3. The number of carbonyl (C=O) groups excluding carboxylic acids is 1. The van der Waals surface area contributed by atoms with Gasteiger partial charge in [-0.3, -0.25) is 0 Å². The maximum atomic E-state index is 10.9. The second kappa shape index (κ2) is 6.48. The van der Waals surface area contributed by atoms with Gasteiger partial charge in [0.1, 0.15) is 0 Å². The van der Waals surface area contributed by atoms with Gasteiger partial charge in [-0.1, -0.05) is 0 Å².